The van der Waals surface area contributed by atoms with Gasteiger partial charge < -0.3 is 10.2 Å². The number of rotatable bonds is 13. The smallest absolute Gasteiger partial charge is 0.303 e. The molecule has 1 unspecified atom stereocenters. The highest BCUT2D eigenvalue weighted by molar-refractivity contribution is 5.83. The van der Waals surface area contributed by atoms with Crippen molar-refractivity contribution in [2.24, 2.45) is 17.8 Å². The Balaban J connectivity index is 1.65. The first-order valence-electron chi connectivity index (χ1n) is 11.3. The summed E-state index contributed by atoms with van der Waals surface area (Å²) >= 11 is 0. The van der Waals surface area contributed by atoms with Crippen molar-refractivity contribution in [3.05, 3.63) is 0 Å². The normalized spacial score (nSPS) is 25.8. The predicted octanol–water partition coefficient (Wildman–Crippen LogP) is 5.51. The van der Waals surface area contributed by atoms with E-state index in [1.807, 2.05) is 6.92 Å². The highest BCUT2D eigenvalue weighted by atomic mass is 16.4. The van der Waals surface area contributed by atoms with Gasteiger partial charge in [0, 0.05) is 18.8 Å². The zero-order valence-corrected chi connectivity index (χ0v) is 17.3. The average molecular weight is 381 g/mol. The number of hydrogen-bond donors (Lipinski definition) is 2. The minimum absolute atomic E-state index is 0.176. The van der Waals surface area contributed by atoms with Gasteiger partial charge in [0.15, 0.2) is 0 Å². The van der Waals surface area contributed by atoms with E-state index in [9.17, 15) is 14.7 Å². The largest absolute Gasteiger partial charge is 0.481 e. The molecule has 0 aliphatic heterocycles. The molecule has 156 valence electrons. The van der Waals surface area contributed by atoms with Crippen molar-refractivity contribution in [2.75, 3.05) is 0 Å². The summed E-state index contributed by atoms with van der Waals surface area (Å²) in [6.07, 6.45) is 15.8. The lowest BCUT2D eigenvalue weighted by atomic mass is 9.82. The van der Waals surface area contributed by atoms with Gasteiger partial charge in [0.1, 0.15) is 5.78 Å². The number of carbonyl (C=O) groups excluding carboxylic acids is 1. The summed E-state index contributed by atoms with van der Waals surface area (Å²) in [4.78, 5) is 22.8. The Hall–Kier alpha value is -0.900. The van der Waals surface area contributed by atoms with Gasteiger partial charge in [-0.25, -0.2) is 0 Å². The number of unbranched alkanes of at least 4 members (excludes halogenated alkanes) is 3. The van der Waals surface area contributed by atoms with Crippen LogP contribution in [0.3, 0.4) is 0 Å². The van der Waals surface area contributed by atoms with Crippen molar-refractivity contribution < 1.29 is 19.8 Å². The molecule has 0 heterocycles. The fourth-order valence-corrected chi connectivity index (χ4v) is 5.15. The number of aliphatic hydroxyl groups is 1. The molecule has 2 aliphatic rings. The molecule has 2 rings (SSSR count). The molecule has 0 aromatic carbocycles. The van der Waals surface area contributed by atoms with E-state index in [0.29, 0.717) is 18.1 Å². The van der Waals surface area contributed by atoms with Crippen LogP contribution < -0.4 is 0 Å². The Morgan fingerprint density at radius 2 is 1.67 bits per heavy atom. The van der Waals surface area contributed by atoms with Crippen LogP contribution in [-0.4, -0.2) is 27.6 Å². The number of Topliss-reactive ketones (excluding diaryl/α,β-unsaturated/α-hetero) is 1. The lowest BCUT2D eigenvalue weighted by molar-refractivity contribution is -0.137. The number of carboxylic acids is 1. The van der Waals surface area contributed by atoms with E-state index >= 15 is 0 Å². The molecular formula is C23H40O4. The van der Waals surface area contributed by atoms with Gasteiger partial charge in [-0.15, -0.1) is 0 Å². The van der Waals surface area contributed by atoms with Gasteiger partial charge in [-0.05, 0) is 63.7 Å². The zero-order valence-electron chi connectivity index (χ0n) is 17.3. The molecule has 0 amide bonds. The molecule has 0 saturated heterocycles. The summed E-state index contributed by atoms with van der Waals surface area (Å²) in [7, 11) is 0. The fourth-order valence-electron chi connectivity index (χ4n) is 5.15. The Kier molecular flexibility index (Phi) is 9.28. The summed E-state index contributed by atoms with van der Waals surface area (Å²) in [6, 6.07) is 0. The Morgan fingerprint density at radius 3 is 2.37 bits per heavy atom. The number of aliphatic carboxylic acids is 1. The van der Waals surface area contributed by atoms with Gasteiger partial charge in [-0.2, -0.15) is 0 Å². The van der Waals surface area contributed by atoms with Crippen molar-refractivity contribution >= 4 is 11.8 Å². The van der Waals surface area contributed by atoms with Crippen LogP contribution in [-0.2, 0) is 9.59 Å². The van der Waals surface area contributed by atoms with Crippen LogP contribution in [0.2, 0.25) is 0 Å². The van der Waals surface area contributed by atoms with Crippen molar-refractivity contribution in [2.45, 2.75) is 115 Å². The summed E-state index contributed by atoms with van der Waals surface area (Å²) in [5, 5.41) is 19.4. The van der Waals surface area contributed by atoms with E-state index in [1.165, 1.54) is 25.7 Å². The van der Waals surface area contributed by atoms with E-state index in [1.54, 1.807) is 0 Å². The lowest BCUT2D eigenvalue weighted by Gasteiger charge is -2.27. The number of carbonyl (C=O) groups is 2. The maximum absolute atomic E-state index is 12.3. The second-order valence-corrected chi connectivity index (χ2v) is 9.44. The third kappa shape index (κ3) is 8.33. The van der Waals surface area contributed by atoms with Crippen LogP contribution >= 0.6 is 0 Å². The fraction of sp³-hybridized carbons (Fsp3) is 0.913. The molecule has 2 N–H and O–H groups in total. The van der Waals surface area contributed by atoms with Crippen LogP contribution in [0.25, 0.3) is 0 Å². The molecule has 3 atom stereocenters. The van der Waals surface area contributed by atoms with Crippen LogP contribution in [0.5, 0.6) is 0 Å². The Bertz CT molecular complexity index is 465. The van der Waals surface area contributed by atoms with E-state index < -0.39 is 11.6 Å². The number of ketones is 1. The Morgan fingerprint density at radius 1 is 1.00 bits per heavy atom. The predicted molar refractivity (Wildman–Crippen MR) is 108 cm³/mol. The molecule has 4 heteroatoms. The second kappa shape index (κ2) is 11.2. The van der Waals surface area contributed by atoms with Crippen LogP contribution in [0.4, 0.5) is 0 Å². The molecule has 2 aliphatic carbocycles. The molecule has 4 nitrogen and oxygen atoms in total. The summed E-state index contributed by atoms with van der Waals surface area (Å²) in [5.74, 6) is 1.13. The van der Waals surface area contributed by atoms with E-state index in [0.717, 1.165) is 70.1 Å². The van der Waals surface area contributed by atoms with Gasteiger partial charge in [-0.1, -0.05) is 44.9 Å². The average Bonchev–Trinajstić information content (AvgIpc) is 3.25. The summed E-state index contributed by atoms with van der Waals surface area (Å²) in [6.45, 7) is 1.98. The third-order valence-corrected chi connectivity index (χ3v) is 7.02. The van der Waals surface area contributed by atoms with Gasteiger partial charge >= 0.3 is 5.97 Å². The van der Waals surface area contributed by atoms with Crippen molar-refractivity contribution in [1.82, 2.24) is 0 Å². The third-order valence-electron chi connectivity index (χ3n) is 7.02. The van der Waals surface area contributed by atoms with Gasteiger partial charge in [0.25, 0.3) is 0 Å². The van der Waals surface area contributed by atoms with Crippen LogP contribution in [0, 0.1) is 17.8 Å². The highest BCUT2D eigenvalue weighted by Gasteiger charge is 2.35. The first kappa shape index (κ1) is 22.4. The van der Waals surface area contributed by atoms with Gasteiger partial charge in [0.05, 0.1) is 5.60 Å². The number of carboxylic acid groups (broad SMARTS) is 1. The molecule has 0 aromatic heterocycles. The van der Waals surface area contributed by atoms with Crippen molar-refractivity contribution in [3.63, 3.8) is 0 Å². The maximum Gasteiger partial charge on any atom is 0.303 e. The molecule has 27 heavy (non-hydrogen) atoms. The monoisotopic (exact) mass is 380 g/mol. The first-order chi connectivity index (χ1) is 12.9. The molecule has 2 saturated carbocycles. The molecule has 0 bridgehead atoms. The molecule has 0 spiro atoms. The minimum Gasteiger partial charge on any atom is -0.481 e. The van der Waals surface area contributed by atoms with Gasteiger partial charge in [0.2, 0.25) is 0 Å². The molecular weight excluding hydrogens is 340 g/mol. The minimum atomic E-state index is -0.721. The van der Waals surface area contributed by atoms with E-state index in [4.69, 9.17) is 5.11 Å². The maximum atomic E-state index is 12.3. The lowest BCUT2D eigenvalue weighted by Crippen LogP contribution is -2.27. The Labute approximate surface area is 165 Å². The van der Waals surface area contributed by atoms with Crippen molar-refractivity contribution in [1.29, 1.82) is 0 Å². The van der Waals surface area contributed by atoms with Crippen molar-refractivity contribution in [3.8, 4) is 0 Å². The standard InChI is InChI=1S/C23H40O4/c1-23(27,16-14-18-8-6-7-9-18)17-15-19-12-13-21(24)20(19)10-4-2-3-5-11-22(25)26/h18-20,27H,2-17H2,1H3,(H,25,26)/t19-,20-,23?/m1/s1. The quantitative estimate of drug-likeness (QED) is 0.413. The molecule has 0 radical (unpaired) electrons. The first-order valence-corrected chi connectivity index (χ1v) is 11.3. The van der Waals surface area contributed by atoms with Gasteiger partial charge in [-0.3, -0.25) is 9.59 Å². The molecule has 2 fully saturated rings. The van der Waals surface area contributed by atoms with E-state index in [-0.39, 0.29) is 12.3 Å². The van der Waals surface area contributed by atoms with E-state index in [2.05, 4.69) is 0 Å². The number of hydrogen-bond acceptors (Lipinski definition) is 3. The summed E-state index contributed by atoms with van der Waals surface area (Å²) < 4.78 is 0. The van der Waals surface area contributed by atoms with Crippen LogP contribution in [0.1, 0.15) is 110 Å². The topological polar surface area (TPSA) is 74.6 Å². The van der Waals surface area contributed by atoms with Crippen LogP contribution in [0.15, 0.2) is 0 Å². The SMILES string of the molecule is CC(O)(CCC1CCCC1)CC[C@H]1CCC(=O)[C@@H]1CCCCCCC(=O)O. The zero-order chi connectivity index (χ0) is 19.7. The highest BCUT2D eigenvalue weighted by Crippen LogP contribution is 2.38. The molecule has 0 aromatic rings. The summed E-state index contributed by atoms with van der Waals surface area (Å²) in [5.41, 5.74) is -0.588. The second-order valence-electron chi connectivity index (χ2n) is 9.44.